The molecule has 19 heavy (non-hydrogen) atoms. The summed E-state index contributed by atoms with van der Waals surface area (Å²) < 4.78 is 5.56. The predicted octanol–water partition coefficient (Wildman–Crippen LogP) is 0.811. The molecular weight excluding hydrogens is 240 g/mol. The van der Waals surface area contributed by atoms with Crippen molar-refractivity contribution in [3.8, 4) is 0 Å². The highest BCUT2D eigenvalue weighted by Gasteiger charge is 2.16. The molecule has 0 spiro atoms. The van der Waals surface area contributed by atoms with Crippen LogP contribution >= 0.6 is 0 Å². The fourth-order valence-electron chi connectivity index (χ4n) is 2.27. The Morgan fingerprint density at radius 3 is 2.53 bits per heavy atom. The lowest BCUT2D eigenvalue weighted by atomic mass is 10.2. The molecule has 1 aromatic carbocycles. The van der Waals surface area contributed by atoms with E-state index in [0.717, 1.165) is 31.7 Å². The summed E-state index contributed by atoms with van der Waals surface area (Å²) in [7, 11) is 2.14. The maximum absolute atomic E-state index is 9.97. The SMILES string of the molecule is CN1CCN(C[C@H](O)COCc2ccccc2)CC1. The first-order chi connectivity index (χ1) is 9.24. The fourth-order valence-corrected chi connectivity index (χ4v) is 2.27. The molecule has 0 saturated carbocycles. The Labute approximate surface area is 115 Å². The van der Waals surface area contributed by atoms with Crippen LogP contribution in [0.25, 0.3) is 0 Å². The first kappa shape index (κ1) is 14.5. The Hall–Kier alpha value is -0.940. The molecule has 4 nitrogen and oxygen atoms in total. The van der Waals surface area contributed by atoms with E-state index in [1.165, 1.54) is 0 Å². The molecule has 1 heterocycles. The van der Waals surface area contributed by atoms with Crippen LogP contribution in [0, 0.1) is 0 Å². The van der Waals surface area contributed by atoms with E-state index in [4.69, 9.17) is 4.74 Å². The highest BCUT2D eigenvalue weighted by atomic mass is 16.5. The molecule has 2 rings (SSSR count). The van der Waals surface area contributed by atoms with E-state index in [0.29, 0.717) is 19.8 Å². The molecule has 1 aromatic rings. The van der Waals surface area contributed by atoms with Crippen molar-refractivity contribution in [2.45, 2.75) is 12.7 Å². The van der Waals surface area contributed by atoms with Crippen LogP contribution in [0.5, 0.6) is 0 Å². The second kappa shape index (κ2) is 7.60. The third-order valence-corrected chi connectivity index (χ3v) is 3.49. The van der Waals surface area contributed by atoms with Crippen molar-refractivity contribution in [3.05, 3.63) is 35.9 Å². The normalized spacial score (nSPS) is 19.5. The Balaban J connectivity index is 1.61. The quantitative estimate of drug-likeness (QED) is 0.825. The molecule has 0 bridgehead atoms. The molecule has 0 aliphatic carbocycles. The Morgan fingerprint density at radius 2 is 1.84 bits per heavy atom. The number of aliphatic hydroxyl groups is 1. The van der Waals surface area contributed by atoms with Gasteiger partial charge in [0.25, 0.3) is 0 Å². The largest absolute Gasteiger partial charge is 0.389 e. The molecule has 1 aliphatic heterocycles. The Bertz CT molecular complexity index is 350. The van der Waals surface area contributed by atoms with Gasteiger partial charge in [-0.3, -0.25) is 4.90 Å². The number of hydrogen-bond donors (Lipinski definition) is 1. The maximum atomic E-state index is 9.97. The van der Waals surface area contributed by atoms with Crippen molar-refractivity contribution in [3.63, 3.8) is 0 Å². The van der Waals surface area contributed by atoms with Gasteiger partial charge in [-0.1, -0.05) is 30.3 Å². The number of piperazine rings is 1. The van der Waals surface area contributed by atoms with Crippen molar-refractivity contribution < 1.29 is 9.84 Å². The number of benzene rings is 1. The minimum atomic E-state index is -0.396. The van der Waals surface area contributed by atoms with Crippen LogP contribution in [-0.2, 0) is 11.3 Å². The van der Waals surface area contributed by atoms with Gasteiger partial charge in [-0.2, -0.15) is 0 Å². The second-order valence-corrected chi connectivity index (χ2v) is 5.26. The molecule has 4 heteroatoms. The summed E-state index contributed by atoms with van der Waals surface area (Å²) in [6.45, 7) is 5.91. The molecular formula is C15H24N2O2. The van der Waals surface area contributed by atoms with Gasteiger partial charge >= 0.3 is 0 Å². The van der Waals surface area contributed by atoms with Crippen molar-refractivity contribution in [2.75, 3.05) is 46.4 Å². The van der Waals surface area contributed by atoms with Crippen molar-refractivity contribution in [1.82, 2.24) is 9.80 Å². The van der Waals surface area contributed by atoms with Gasteiger partial charge in [-0.15, -0.1) is 0 Å². The first-order valence-corrected chi connectivity index (χ1v) is 6.94. The topological polar surface area (TPSA) is 35.9 Å². The molecule has 1 atom stereocenters. The smallest absolute Gasteiger partial charge is 0.0900 e. The van der Waals surface area contributed by atoms with Crippen LogP contribution in [0.2, 0.25) is 0 Å². The van der Waals surface area contributed by atoms with Gasteiger partial charge in [0.2, 0.25) is 0 Å². The van der Waals surface area contributed by atoms with Crippen LogP contribution in [0.1, 0.15) is 5.56 Å². The molecule has 1 saturated heterocycles. The summed E-state index contributed by atoms with van der Waals surface area (Å²) in [6.07, 6.45) is -0.396. The van der Waals surface area contributed by atoms with Crippen molar-refractivity contribution >= 4 is 0 Å². The van der Waals surface area contributed by atoms with Crippen molar-refractivity contribution in [2.24, 2.45) is 0 Å². The number of rotatable bonds is 6. The third-order valence-electron chi connectivity index (χ3n) is 3.49. The number of ether oxygens (including phenoxy) is 1. The summed E-state index contributed by atoms with van der Waals surface area (Å²) in [5, 5.41) is 9.97. The fraction of sp³-hybridized carbons (Fsp3) is 0.600. The van der Waals surface area contributed by atoms with Crippen LogP contribution in [0.4, 0.5) is 0 Å². The minimum absolute atomic E-state index is 0.396. The van der Waals surface area contributed by atoms with E-state index < -0.39 is 6.10 Å². The summed E-state index contributed by atoms with van der Waals surface area (Å²) in [4.78, 5) is 4.62. The second-order valence-electron chi connectivity index (χ2n) is 5.26. The van der Waals surface area contributed by atoms with Gasteiger partial charge in [-0.25, -0.2) is 0 Å². The van der Waals surface area contributed by atoms with E-state index in [2.05, 4.69) is 16.8 Å². The monoisotopic (exact) mass is 264 g/mol. The molecule has 1 N–H and O–H groups in total. The van der Waals surface area contributed by atoms with E-state index in [9.17, 15) is 5.11 Å². The van der Waals surface area contributed by atoms with Crippen LogP contribution in [-0.4, -0.2) is 67.4 Å². The molecule has 0 unspecified atom stereocenters. The zero-order valence-electron chi connectivity index (χ0n) is 11.7. The minimum Gasteiger partial charge on any atom is -0.389 e. The molecule has 1 aliphatic rings. The maximum Gasteiger partial charge on any atom is 0.0900 e. The number of β-amino-alcohol motifs (C(OH)–C–C–N with tert-alkyl or cyclic N) is 1. The van der Waals surface area contributed by atoms with Gasteiger partial charge in [-0.05, 0) is 12.6 Å². The Kier molecular flexibility index (Phi) is 5.79. The summed E-state index contributed by atoms with van der Waals surface area (Å²) >= 11 is 0. The highest BCUT2D eigenvalue weighted by Crippen LogP contribution is 2.03. The molecule has 1 fully saturated rings. The molecule has 0 amide bonds. The van der Waals surface area contributed by atoms with Crippen LogP contribution < -0.4 is 0 Å². The number of nitrogens with zero attached hydrogens (tertiary/aromatic N) is 2. The van der Waals surface area contributed by atoms with Gasteiger partial charge in [0.1, 0.15) is 0 Å². The predicted molar refractivity (Wildman–Crippen MR) is 76.0 cm³/mol. The standard InChI is InChI=1S/C15H24N2O2/c1-16-7-9-17(10-8-16)11-15(18)13-19-12-14-5-3-2-4-6-14/h2-6,15,18H,7-13H2,1H3/t15-/m0/s1. The van der Waals surface area contributed by atoms with Gasteiger partial charge in [0.05, 0.1) is 19.3 Å². The Morgan fingerprint density at radius 1 is 1.16 bits per heavy atom. The van der Waals surface area contributed by atoms with Crippen molar-refractivity contribution in [1.29, 1.82) is 0 Å². The summed E-state index contributed by atoms with van der Waals surface area (Å²) in [5.41, 5.74) is 1.15. The zero-order chi connectivity index (χ0) is 13.5. The van der Waals surface area contributed by atoms with Gasteiger partial charge in [0.15, 0.2) is 0 Å². The number of likely N-dealkylation sites (N-methyl/N-ethyl adjacent to an activating group) is 1. The number of hydrogen-bond acceptors (Lipinski definition) is 4. The molecule has 106 valence electrons. The van der Waals surface area contributed by atoms with Crippen LogP contribution in [0.15, 0.2) is 30.3 Å². The first-order valence-electron chi connectivity index (χ1n) is 6.94. The lowest BCUT2D eigenvalue weighted by Crippen LogP contribution is -2.47. The lowest BCUT2D eigenvalue weighted by molar-refractivity contribution is 0.00297. The average Bonchev–Trinajstić information content (AvgIpc) is 2.43. The zero-order valence-corrected chi connectivity index (χ0v) is 11.7. The van der Waals surface area contributed by atoms with Crippen LogP contribution in [0.3, 0.4) is 0 Å². The van der Waals surface area contributed by atoms with E-state index in [1.807, 2.05) is 30.3 Å². The lowest BCUT2D eigenvalue weighted by Gasteiger charge is -2.33. The van der Waals surface area contributed by atoms with Gasteiger partial charge in [0, 0.05) is 32.7 Å². The third kappa shape index (κ3) is 5.28. The van der Waals surface area contributed by atoms with E-state index >= 15 is 0 Å². The molecule has 0 radical (unpaired) electrons. The van der Waals surface area contributed by atoms with Gasteiger partial charge < -0.3 is 14.7 Å². The number of aliphatic hydroxyl groups excluding tert-OH is 1. The average molecular weight is 264 g/mol. The summed E-state index contributed by atoms with van der Waals surface area (Å²) in [5.74, 6) is 0. The van der Waals surface area contributed by atoms with E-state index in [-0.39, 0.29) is 0 Å². The highest BCUT2D eigenvalue weighted by molar-refractivity contribution is 5.13. The summed E-state index contributed by atoms with van der Waals surface area (Å²) in [6, 6.07) is 10.1. The van der Waals surface area contributed by atoms with E-state index in [1.54, 1.807) is 0 Å². The molecule has 0 aromatic heterocycles.